The topological polar surface area (TPSA) is 55.8 Å². The Balaban J connectivity index is 1.89. The predicted molar refractivity (Wildman–Crippen MR) is 46.5 cm³/mol. The number of nitrogens with zero attached hydrogens (tertiary/aromatic N) is 1. The van der Waals surface area contributed by atoms with Crippen molar-refractivity contribution in [3.8, 4) is 0 Å². The van der Waals surface area contributed by atoms with Crippen LogP contribution in [0.2, 0.25) is 0 Å². The third-order valence-corrected chi connectivity index (χ3v) is 2.50. The van der Waals surface area contributed by atoms with Gasteiger partial charge in [0.1, 0.15) is 6.61 Å². The fourth-order valence-electron chi connectivity index (χ4n) is 1.75. The van der Waals surface area contributed by atoms with E-state index in [-0.39, 0.29) is 6.10 Å². The second kappa shape index (κ2) is 3.96. The largest absolute Gasteiger partial charge is 0.457 e. The van der Waals surface area contributed by atoms with Crippen LogP contribution < -0.4 is 0 Å². The number of morpholine rings is 1. The van der Waals surface area contributed by atoms with Crippen molar-refractivity contribution in [1.29, 1.82) is 0 Å². The van der Waals surface area contributed by atoms with Crippen LogP contribution in [0.15, 0.2) is 0 Å². The zero-order chi connectivity index (χ0) is 9.97. The van der Waals surface area contributed by atoms with Crippen molar-refractivity contribution in [3.05, 3.63) is 0 Å². The van der Waals surface area contributed by atoms with Gasteiger partial charge in [0.05, 0.1) is 12.6 Å². The van der Waals surface area contributed by atoms with Gasteiger partial charge in [-0.15, -0.1) is 0 Å². The average Bonchev–Trinajstić information content (AvgIpc) is 2.66. The molecule has 2 fully saturated rings. The van der Waals surface area contributed by atoms with Crippen molar-refractivity contribution < 1.29 is 19.1 Å². The Morgan fingerprint density at radius 2 is 2.21 bits per heavy atom. The molecule has 0 bridgehead atoms. The van der Waals surface area contributed by atoms with Crippen LogP contribution in [0.1, 0.15) is 12.8 Å². The highest BCUT2D eigenvalue weighted by Crippen LogP contribution is 2.14. The first kappa shape index (κ1) is 9.45. The van der Waals surface area contributed by atoms with Gasteiger partial charge in [-0.3, -0.25) is 4.79 Å². The summed E-state index contributed by atoms with van der Waals surface area (Å²) in [7, 11) is 0. The van der Waals surface area contributed by atoms with Gasteiger partial charge in [0.25, 0.3) is 0 Å². The van der Waals surface area contributed by atoms with E-state index >= 15 is 0 Å². The van der Waals surface area contributed by atoms with E-state index in [1.54, 1.807) is 0 Å². The molecule has 0 aromatic carbocycles. The lowest BCUT2D eigenvalue weighted by Crippen LogP contribution is -2.47. The standard InChI is InChI=1S/C9H13NO4/c11-8-9(12)14-5-3-10(8)6-7-2-1-4-13-7/h7H,1-6H2. The molecular weight excluding hydrogens is 186 g/mol. The minimum Gasteiger partial charge on any atom is -0.457 e. The minimum absolute atomic E-state index is 0.102. The summed E-state index contributed by atoms with van der Waals surface area (Å²) in [6.07, 6.45) is 2.11. The van der Waals surface area contributed by atoms with E-state index in [0.717, 1.165) is 19.4 Å². The van der Waals surface area contributed by atoms with Gasteiger partial charge in [-0.2, -0.15) is 0 Å². The Morgan fingerprint density at radius 3 is 2.93 bits per heavy atom. The third kappa shape index (κ3) is 1.87. The van der Waals surface area contributed by atoms with Gasteiger partial charge in [-0.05, 0) is 12.8 Å². The lowest BCUT2D eigenvalue weighted by Gasteiger charge is -2.27. The SMILES string of the molecule is O=C1OCCN(CC2CCCO2)C1=O. The molecule has 78 valence electrons. The molecule has 0 radical (unpaired) electrons. The monoisotopic (exact) mass is 199 g/mol. The zero-order valence-electron chi connectivity index (χ0n) is 7.90. The Hall–Kier alpha value is -1.10. The Kier molecular flexibility index (Phi) is 2.67. The maximum Gasteiger partial charge on any atom is 0.397 e. The van der Waals surface area contributed by atoms with Crippen LogP contribution in [0.3, 0.4) is 0 Å². The molecule has 2 rings (SSSR count). The number of ether oxygens (including phenoxy) is 2. The molecular formula is C9H13NO4. The smallest absolute Gasteiger partial charge is 0.397 e. The lowest BCUT2D eigenvalue weighted by molar-refractivity contribution is -0.167. The first-order valence-corrected chi connectivity index (χ1v) is 4.85. The van der Waals surface area contributed by atoms with Gasteiger partial charge in [-0.1, -0.05) is 0 Å². The summed E-state index contributed by atoms with van der Waals surface area (Å²) in [5.41, 5.74) is 0. The van der Waals surface area contributed by atoms with Crippen LogP contribution in [0, 0.1) is 0 Å². The fourth-order valence-corrected chi connectivity index (χ4v) is 1.75. The van der Waals surface area contributed by atoms with Crippen LogP contribution in [-0.2, 0) is 19.1 Å². The second-order valence-electron chi connectivity index (χ2n) is 3.52. The zero-order valence-corrected chi connectivity index (χ0v) is 7.90. The summed E-state index contributed by atoms with van der Waals surface area (Å²) in [6, 6.07) is 0. The Morgan fingerprint density at radius 1 is 1.36 bits per heavy atom. The maximum atomic E-state index is 11.3. The molecule has 1 amide bonds. The number of amides is 1. The molecule has 1 unspecified atom stereocenters. The summed E-state index contributed by atoms with van der Waals surface area (Å²) < 4.78 is 10.0. The number of carbonyl (C=O) groups excluding carboxylic acids is 2. The number of esters is 1. The Labute approximate surface area is 82.0 Å². The van der Waals surface area contributed by atoms with E-state index in [4.69, 9.17) is 4.74 Å². The summed E-state index contributed by atoms with van der Waals surface area (Å²) in [4.78, 5) is 23.7. The minimum atomic E-state index is -0.741. The van der Waals surface area contributed by atoms with E-state index in [2.05, 4.69) is 4.74 Å². The highest BCUT2D eigenvalue weighted by molar-refractivity contribution is 6.32. The lowest BCUT2D eigenvalue weighted by atomic mass is 10.2. The quantitative estimate of drug-likeness (QED) is 0.446. The number of carbonyl (C=O) groups is 2. The number of rotatable bonds is 2. The van der Waals surface area contributed by atoms with E-state index in [0.29, 0.717) is 19.7 Å². The molecule has 5 heteroatoms. The fraction of sp³-hybridized carbons (Fsp3) is 0.778. The first-order chi connectivity index (χ1) is 6.77. The number of hydrogen-bond acceptors (Lipinski definition) is 4. The molecule has 2 aliphatic rings. The predicted octanol–water partition coefficient (Wildman–Crippen LogP) is -0.449. The van der Waals surface area contributed by atoms with Gasteiger partial charge < -0.3 is 14.4 Å². The molecule has 0 saturated carbocycles. The number of cyclic esters (lactones) is 1. The highest BCUT2D eigenvalue weighted by atomic mass is 16.5. The van der Waals surface area contributed by atoms with Crippen molar-refractivity contribution in [1.82, 2.24) is 4.90 Å². The van der Waals surface area contributed by atoms with Gasteiger partial charge in [-0.25, -0.2) is 4.79 Å². The van der Waals surface area contributed by atoms with Gasteiger partial charge >= 0.3 is 11.9 Å². The second-order valence-corrected chi connectivity index (χ2v) is 3.52. The average molecular weight is 199 g/mol. The number of hydrogen-bond donors (Lipinski definition) is 0. The van der Waals surface area contributed by atoms with Crippen molar-refractivity contribution in [2.45, 2.75) is 18.9 Å². The summed E-state index contributed by atoms with van der Waals surface area (Å²) >= 11 is 0. The molecule has 2 saturated heterocycles. The Bertz CT molecular complexity index is 247. The normalized spacial score (nSPS) is 28.0. The van der Waals surface area contributed by atoms with Crippen molar-refractivity contribution in [3.63, 3.8) is 0 Å². The maximum absolute atomic E-state index is 11.3. The van der Waals surface area contributed by atoms with Gasteiger partial charge in [0, 0.05) is 13.2 Å². The molecule has 0 N–H and O–H groups in total. The van der Waals surface area contributed by atoms with E-state index in [1.807, 2.05) is 0 Å². The molecule has 14 heavy (non-hydrogen) atoms. The van der Waals surface area contributed by atoms with Gasteiger partial charge in [0.2, 0.25) is 0 Å². The van der Waals surface area contributed by atoms with Crippen LogP contribution in [0.5, 0.6) is 0 Å². The summed E-state index contributed by atoms with van der Waals surface area (Å²) in [6.45, 7) is 2.08. The van der Waals surface area contributed by atoms with Crippen LogP contribution in [0.4, 0.5) is 0 Å². The molecule has 1 atom stereocenters. The van der Waals surface area contributed by atoms with E-state index in [1.165, 1.54) is 4.90 Å². The molecule has 2 aliphatic heterocycles. The molecule has 0 spiro atoms. The van der Waals surface area contributed by atoms with Gasteiger partial charge in [0.15, 0.2) is 0 Å². The van der Waals surface area contributed by atoms with E-state index in [9.17, 15) is 9.59 Å². The van der Waals surface area contributed by atoms with Crippen molar-refractivity contribution in [2.75, 3.05) is 26.3 Å². The van der Waals surface area contributed by atoms with Crippen molar-refractivity contribution >= 4 is 11.9 Å². The van der Waals surface area contributed by atoms with Crippen molar-refractivity contribution in [2.24, 2.45) is 0 Å². The third-order valence-electron chi connectivity index (χ3n) is 2.50. The molecule has 2 heterocycles. The first-order valence-electron chi connectivity index (χ1n) is 4.85. The van der Waals surface area contributed by atoms with Crippen LogP contribution in [0.25, 0.3) is 0 Å². The molecule has 0 aromatic heterocycles. The molecule has 0 aromatic rings. The van der Waals surface area contributed by atoms with Crippen LogP contribution in [-0.4, -0.2) is 49.2 Å². The van der Waals surface area contributed by atoms with Crippen LogP contribution >= 0.6 is 0 Å². The molecule has 0 aliphatic carbocycles. The highest BCUT2D eigenvalue weighted by Gasteiger charge is 2.30. The van der Waals surface area contributed by atoms with E-state index < -0.39 is 11.9 Å². The summed E-state index contributed by atoms with van der Waals surface area (Å²) in [5.74, 6) is -1.28. The molecule has 5 nitrogen and oxygen atoms in total. The summed E-state index contributed by atoms with van der Waals surface area (Å²) in [5, 5.41) is 0.